The molecule has 20 nitrogen and oxygen atoms in total. The van der Waals surface area contributed by atoms with Crippen LogP contribution in [-0.2, 0) is 20.5 Å². The van der Waals surface area contributed by atoms with Crippen molar-refractivity contribution in [1.82, 2.24) is 79.4 Å². The van der Waals surface area contributed by atoms with Gasteiger partial charge in [-0.3, -0.25) is 54.2 Å². The molecule has 10 aromatic heterocycles. The van der Waals surface area contributed by atoms with E-state index in [1.165, 1.54) is 39.1 Å². The van der Waals surface area contributed by atoms with E-state index < -0.39 is 0 Å². The Morgan fingerprint density at radius 3 is 1.24 bits per heavy atom. The van der Waals surface area contributed by atoms with Gasteiger partial charge in [0.15, 0.2) is 0 Å². The van der Waals surface area contributed by atoms with Crippen molar-refractivity contribution >= 4 is 24.5 Å². The first-order valence-electron chi connectivity index (χ1n) is 48.2. The van der Waals surface area contributed by atoms with E-state index in [1.54, 1.807) is 75.1 Å². The highest BCUT2D eigenvalue weighted by Crippen LogP contribution is 2.22. The zero-order valence-corrected chi connectivity index (χ0v) is 88.6. The number of H-pyrrole nitrogens is 1. The van der Waals surface area contributed by atoms with Crippen molar-refractivity contribution in [3.63, 3.8) is 0 Å². The summed E-state index contributed by atoms with van der Waals surface area (Å²) in [6.07, 6.45) is 45.8. The number of halogens is 1. The van der Waals surface area contributed by atoms with E-state index in [9.17, 15) is 4.39 Å². The van der Waals surface area contributed by atoms with Gasteiger partial charge in [-0.2, -0.15) is 10.2 Å². The van der Waals surface area contributed by atoms with E-state index in [0.29, 0.717) is 88.9 Å². The van der Waals surface area contributed by atoms with Gasteiger partial charge in [-0.1, -0.05) is 315 Å². The van der Waals surface area contributed by atoms with Gasteiger partial charge in [0.05, 0.1) is 36.7 Å². The van der Waals surface area contributed by atoms with Gasteiger partial charge < -0.3 is 4.98 Å². The normalized spacial score (nSPS) is 11.8. The lowest BCUT2D eigenvalue weighted by atomic mass is 10.0. The molecule has 13 heterocycles. The van der Waals surface area contributed by atoms with E-state index in [-0.39, 0.29) is 34.0 Å². The number of benzene rings is 2. The molecule has 0 saturated carbocycles. The second kappa shape index (κ2) is 77.0. The van der Waals surface area contributed by atoms with Crippen LogP contribution in [0.3, 0.4) is 0 Å². The first kappa shape index (κ1) is 130. The molecule has 138 heavy (non-hydrogen) atoms. The molecule has 0 bridgehead atoms. The third-order valence-corrected chi connectivity index (χ3v) is 19.9. The summed E-state index contributed by atoms with van der Waals surface area (Å²) in [5.74, 6) is 11.2. The van der Waals surface area contributed by atoms with Gasteiger partial charge in [0, 0.05) is 167 Å². The highest BCUT2D eigenvalue weighted by Gasteiger charge is 2.12. The lowest BCUT2D eigenvalue weighted by molar-refractivity contribution is 0.590. The molecule has 21 heteroatoms. The van der Waals surface area contributed by atoms with Gasteiger partial charge in [-0.25, -0.2) is 34.3 Å². The van der Waals surface area contributed by atoms with Crippen LogP contribution in [0.25, 0.3) is 0 Å². The third-order valence-electron chi connectivity index (χ3n) is 19.9. The number of aromatic amines is 1. The highest BCUT2D eigenvalue weighted by atomic mass is 19.1. The van der Waals surface area contributed by atoms with Crippen molar-refractivity contribution in [1.29, 1.82) is 0 Å². The average Bonchev–Trinajstić information content (AvgIpc) is 1.09. The van der Waals surface area contributed by atoms with Crippen molar-refractivity contribution in [2.45, 2.75) is 321 Å². The zero-order chi connectivity index (χ0) is 101. The summed E-state index contributed by atoms with van der Waals surface area (Å²) in [6, 6.07) is 40.3. The maximum Gasteiger partial charge on any atom is 0.130 e. The van der Waals surface area contributed by atoms with Crippen LogP contribution in [0.1, 0.15) is 374 Å². The molecule has 0 aliphatic carbocycles. The molecule has 756 valence electrons. The Hall–Kier alpha value is -12.0. The SMILES string of the molecule is C.C.C.CC(C)C1=CCN=C1.CC(C)C1=NCC=C1.CC(C)C1C=NC=N1.CC(C)Cc1ncccn1.CC(C)c1ccccc1.CC(C)c1ccccn1.CC(C)c1ccccn1.CC(C)c1cccnc1.CC(C)c1ccn(C)n1.CC(C)c1cnccn1.CC(C)c1cnn(C)c1.CC(C)c1ncc[nH]1.CC(C)c1ncccn1.Cc1cccc(C(C)C)c1F.Cc1cncc(C(C)C)c1. The first-order chi connectivity index (χ1) is 64.1. The molecule has 0 spiro atoms. The Morgan fingerprint density at radius 2 is 0.949 bits per heavy atom. The minimum atomic E-state index is -0.0532. The molecule has 0 fully saturated rings. The summed E-state index contributed by atoms with van der Waals surface area (Å²) in [5, 5.41) is 8.28. The molecule has 1 unspecified atom stereocenters. The number of hydrogen-bond donors (Lipinski definition) is 1. The number of aromatic nitrogens is 16. The quantitative estimate of drug-likeness (QED) is 0.0947. The van der Waals surface area contributed by atoms with Crippen molar-refractivity contribution in [3.8, 4) is 0 Å². The highest BCUT2D eigenvalue weighted by molar-refractivity contribution is 5.97. The lowest BCUT2D eigenvalue weighted by Gasteiger charge is -2.07. The summed E-state index contributed by atoms with van der Waals surface area (Å²) in [4.78, 5) is 64.2. The molecule has 15 rings (SSSR count). The van der Waals surface area contributed by atoms with Crippen molar-refractivity contribution in [2.24, 2.45) is 57.7 Å². The summed E-state index contributed by atoms with van der Waals surface area (Å²) < 4.78 is 16.9. The van der Waals surface area contributed by atoms with E-state index in [0.717, 1.165) is 70.9 Å². The number of imidazole rings is 1. The smallest absolute Gasteiger partial charge is 0.130 e. The topological polar surface area (TPSA) is 243 Å². The van der Waals surface area contributed by atoms with Gasteiger partial charge in [-0.05, 0) is 190 Å². The van der Waals surface area contributed by atoms with Crippen LogP contribution < -0.4 is 0 Å². The molecule has 3 aliphatic rings. The molecule has 1 atom stereocenters. The van der Waals surface area contributed by atoms with Crippen molar-refractivity contribution < 1.29 is 4.39 Å². The summed E-state index contributed by atoms with van der Waals surface area (Å²) in [7, 11) is 3.87. The molecule has 0 radical (unpaired) electrons. The van der Waals surface area contributed by atoms with Crippen LogP contribution in [-0.4, -0.2) is 123 Å². The van der Waals surface area contributed by atoms with Crippen LogP contribution in [0.2, 0.25) is 0 Å². The number of nitrogens with zero attached hydrogens (tertiary/aromatic N) is 19. The van der Waals surface area contributed by atoms with Gasteiger partial charge >= 0.3 is 0 Å². The number of pyridine rings is 4. The van der Waals surface area contributed by atoms with Crippen LogP contribution in [0.5, 0.6) is 0 Å². The monoisotopic (exact) mass is 1890 g/mol. The van der Waals surface area contributed by atoms with Crippen LogP contribution in [0.15, 0.2) is 277 Å². The second-order valence-corrected chi connectivity index (χ2v) is 37.5. The van der Waals surface area contributed by atoms with Gasteiger partial charge in [0.1, 0.15) is 29.6 Å². The first-order valence-corrected chi connectivity index (χ1v) is 48.2. The van der Waals surface area contributed by atoms with Crippen LogP contribution >= 0.6 is 0 Å². The summed E-state index contributed by atoms with van der Waals surface area (Å²) in [6.45, 7) is 69.8. The molecule has 1 N–H and O–H groups in total. The predicted octanol–water partition coefficient (Wildman–Crippen LogP) is 31.0. The average molecular weight is 1890 g/mol. The fraction of sp³-hybridized carbons (Fsp3) is 0.479. The minimum absolute atomic E-state index is 0. The van der Waals surface area contributed by atoms with E-state index in [1.807, 2.05) is 184 Å². The van der Waals surface area contributed by atoms with Gasteiger partial charge in [-0.15, -0.1) is 0 Å². The Balaban J connectivity index is -0.00000141. The van der Waals surface area contributed by atoms with Crippen molar-refractivity contribution in [2.75, 3.05) is 13.1 Å². The number of aliphatic imine (C=N–C) groups is 4. The molecule has 0 saturated heterocycles. The summed E-state index contributed by atoms with van der Waals surface area (Å²) >= 11 is 0. The van der Waals surface area contributed by atoms with Gasteiger partial charge in [0.25, 0.3) is 0 Å². The molecule has 12 aromatic rings. The van der Waals surface area contributed by atoms with Crippen LogP contribution in [0.4, 0.5) is 4.39 Å². The molecule has 3 aliphatic heterocycles. The standard InChI is InChI=1S/C10H13F.C9H13N.C9H12.C8H12N2.3C8H11N.2C7H12N2.2C7H10N2.2C7H11N.2C6H10N2.3CH4/c1-7(2)9-6-4-5-8(3)10(9)11;1-7(2)9-4-8(3)5-10-6-9;1-8(2)9-6-4-3-5-7-9;1-7(2)6-8-9-4-3-5-10-8;1-7(2)8-4-3-5-9-6-8;2*1-7(2)8-5-3-4-6-9-8;1-6(2)7-4-8-9(3)5-7;1-6(2)7-4-5-9(3)8-7;1-6(2)7-5-8-3-4-9-7;1-6(2)7-8-4-3-5-9-7;1-6(2)7-3-4-8-5-7;1-6(2)7-4-3-5-8-7;1-5(2)6-3-7-4-8-6;1-5(2)6-7-3-4-8-6;;;/h4-7H,1-3H3;4-7H,1-3H3;3-8H,1-2H3;3-5,7H,6H2,1-2H3;3*3-7H,1-2H3;2*4-6H,1-3H3;2*3-6H,1-2H3;3,5-6H,4H2,1-2H3;3-4,6H,5H2,1-2H3;3-6H,1-2H3;3-5H,1-2H3,(H,7,8);3*1H4. The van der Waals surface area contributed by atoms with Crippen LogP contribution in [0, 0.1) is 43.3 Å². The zero-order valence-electron chi connectivity index (χ0n) is 88.6. The third kappa shape index (κ3) is 62.0. The predicted molar refractivity (Wildman–Crippen MR) is 592 cm³/mol. The largest absolute Gasteiger partial charge is 0.348 e. The number of aryl methyl sites for hydroxylation is 4. The fourth-order valence-corrected chi connectivity index (χ4v) is 11.2. The Labute approximate surface area is 837 Å². The molecular formula is C117H181FN20. The maximum atomic E-state index is 13.3. The number of hydrogen-bond acceptors (Lipinski definition) is 17. The van der Waals surface area contributed by atoms with E-state index in [2.05, 4.69) is 345 Å². The summed E-state index contributed by atoms with van der Waals surface area (Å²) in [5.41, 5.74) is 15.3. The Bertz CT molecular complexity index is 4630. The number of nitrogens with one attached hydrogen (secondary N) is 1. The molecular weight excluding hydrogens is 1700 g/mol. The van der Waals surface area contributed by atoms with Gasteiger partial charge in [0.2, 0.25) is 0 Å². The second-order valence-electron chi connectivity index (χ2n) is 37.5. The molecule has 0 amide bonds. The lowest BCUT2D eigenvalue weighted by Crippen LogP contribution is -2.10. The van der Waals surface area contributed by atoms with E-state index >= 15 is 0 Å². The van der Waals surface area contributed by atoms with E-state index in [4.69, 9.17) is 0 Å². The Morgan fingerprint density at radius 1 is 0.413 bits per heavy atom. The molecule has 2 aromatic carbocycles. The minimum Gasteiger partial charge on any atom is -0.348 e. The number of allylic oxidation sites excluding steroid dienone is 2. The fourth-order valence-electron chi connectivity index (χ4n) is 11.2. The maximum absolute atomic E-state index is 13.3. The number of rotatable bonds is 16. The van der Waals surface area contributed by atoms with Crippen molar-refractivity contribution in [3.05, 3.63) is 342 Å². The Kier molecular flexibility index (Phi) is 72.6.